The van der Waals surface area contributed by atoms with E-state index in [4.69, 9.17) is 11.6 Å². The Labute approximate surface area is 101 Å². The molecule has 4 heteroatoms. The van der Waals surface area contributed by atoms with E-state index < -0.39 is 0 Å². The smallest absolute Gasteiger partial charge is 0.238 e. The van der Waals surface area contributed by atoms with Gasteiger partial charge in [0.1, 0.15) is 0 Å². The van der Waals surface area contributed by atoms with Crippen LogP contribution in [0.1, 0.15) is 32.6 Å². The van der Waals surface area contributed by atoms with Gasteiger partial charge in [-0.1, -0.05) is 0 Å². The third-order valence-corrected chi connectivity index (χ3v) is 4.92. The minimum absolute atomic E-state index is 0.158. The first-order valence-corrected chi connectivity index (χ1v) is 7.20. The molecule has 1 atom stereocenters. The van der Waals surface area contributed by atoms with Gasteiger partial charge in [-0.15, -0.1) is 23.4 Å². The second-order valence-electron chi connectivity index (χ2n) is 4.60. The van der Waals surface area contributed by atoms with E-state index in [2.05, 4.69) is 6.92 Å². The second kappa shape index (κ2) is 4.54. The largest absolute Gasteiger partial charge is 0.337 e. The summed E-state index contributed by atoms with van der Waals surface area (Å²) in [6.07, 6.45) is 4.54. The van der Waals surface area contributed by atoms with E-state index in [9.17, 15) is 4.79 Å². The molecule has 1 aliphatic carbocycles. The molecule has 1 saturated carbocycles. The van der Waals surface area contributed by atoms with Crippen LogP contribution in [0, 0.1) is 0 Å². The summed E-state index contributed by atoms with van der Waals surface area (Å²) in [7, 11) is 0. The normalized spacial score (nSPS) is 30.5. The lowest BCUT2D eigenvalue weighted by molar-refractivity contribution is -0.133. The molecule has 2 aliphatic rings. The van der Waals surface area contributed by atoms with Crippen LogP contribution in [0.4, 0.5) is 0 Å². The van der Waals surface area contributed by atoms with Crippen LogP contribution in [0.25, 0.3) is 0 Å². The predicted octanol–water partition coefficient (Wildman–Crippen LogP) is 2.50. The maximum absolute atomic E-state index is 12.4. The number of halogens is 1. The van der Waals surface area contributed by atoms with Crippen LogP contribution in [0.3, 0.4) is 0 Å². The molecule has 0 aromatic carbocycles. The lowest BCUT2D eigenvalue weighted by atomic mass is 10.0. The number of hydrogen-bond donors (Lipinski definition) is 0. The Hall–Kier alpha value is 0.110. The Bertz CT molecular complexity index is 249. The Morgan fingerprint density at radius 3 is 2.80 bits per heavy atom. The van der Waals surface area contributed by atoms with Gasteiger partial charge in [-0.25, -0.2) is 0 Å². The first kappa shape index (κ1) is 11.6. The maximum atomic E-state index is 12.4. The van der Waals surface area contributed by atoms with Gasteiger partial charge < -0.3 is 4.90 Å². The van der Waals surface area contributed by atoms with Crippen LogP contribution in [-0.4, -0.2) is 39.8 Å². The van der Waals surface area contributed by atoms with Crippen molar-refractivity contribution in [1.82, 2.24) is 4.90 Å². The summed E-state index contributed by atoms with van der Waals surface area (Å²) in [5.74, 6) is 2.01. The summed E-state index contributed by atoms with van der Waals surface area (Å²) < 4.78 is -0.158. The van der Waals surface area contributed by atoms with Crippen LogP contribution < -0.4 is 0 Å². The van der Waals surface area contributed by atoms with E-state index in [-0.39, 0.29) is 4.75 Å². The van der Waals surface area contributed by atoms with Crippen LogP contribution in [0.5, 0.6) is 0 Å². The molecule has 1 unspecified atom stereocenters. The van der Waals surface area contributed by atoms with Crippen molar-refractivity contribution in [2.75, 3.05) is 18.2 Å². The first-order valence-electron chi connectivity index (χ1n) is 5.68. The number of carbonyl (C=O) groups is 1. The fourth-order valence-electron chi connectivity index (χ4n) is 2.18. The van der Waals surface area contributed by atoms with Gasteiger partial charge in [0, 0.05) is 18.5 Å². The Morgan fingerprint density at radius 2 is 2.33 bits per heavy atom. The average molecular weight is 248 g/mol. The van der Waals surface area contributed by atoms with Crippen molar-refractivity contribution in [2.24, 2.45) is 0 Å². The third kappa shape index (κ3) is 2.44. The lowest BCUT2D eigenvalue weighted by Gasteiger charge is -2.30. The van der Waals surface area contributed by atoms with Crippen molar-refractivity contribution in [3.8, 4) is 0 Å². The van der Waals surface area contributed by atoms with E-state index in [0.717, 1.165) is 18.7 Å². The topological polar surface area (TPSA) is 20.3 Å². The molecule has 1 heterocycles. The van der Waals surface area contributed by atoms with Gasteiger partial charge in [-0.05, 0) is 38.4 Å². The number of rotatable bonds is 4. The molecule has 0 aromatic heterocycles. The number of hydrogen-bond acceptors (Lipinski definition) is 2. The van der Waals surface area contributed by atoms with Crippen LogP contribution in [-0.2, 0) is 4.79 Å². The van der Waals surface area contributed by atoms with Crippen LogP contribution >= 0.6 is 23.4 Å². The van der Waals surface area contributed by atoms with Crippen LogP contribution in [0.2, 0.25) is 0 Å². The van der Waals surface area contributed by atoms with Gasteiger partial charge in [0.05, 0.1) is 4.75 Å². The van der Waals surface area contributed by atoms with Crippen molar-refractivity contribution in [3.05, 3.63) is 0 Å². The molecule has 2 fully saturated rings. The fraction of sp³-hybridized carbons (Fsp3) is 0.909. The molecule has 0 spiro atoms. The Balaban J connectivity index is 2.02. The third-order valence-electron chi connectivity index (χ3n) is 3.25. The van der Waals surface area contributed by atoms with Crippen molar-refractivity contribution >= 4 is 29.3 Å². The molecule has 0 radical (unpaired) electrons. The summed E-state index contributed by atoms with van der Waals surface area (Å²) in [6, 6.07) is 0.495. The second-order valence-corrected chi connectivity index (χ2v) is 6.58. The molecule has 0 bridgehead atoms. The molecule has 1 amide bonds. The van der Waals surface area contributed by atoms with E-state index in [1.165, 1.54) is 19.3 Å². The predicted molar refractivity (Wildman–Crippen MR) is 65.6 cm³/mol. The summed E-state index contributed by atoms with van der Waals surface area (Å²) in [5, 5.41) is 0. The number of carbonyl (C=O) groups excluding carboxylic acids is 1. The molecular formula is C11H18ClNOS. The summed E-state index contributed by atoms with van der Waals surface area (Å²) in [4.78, 5) is 14.4. The van der Waals surface area contributed by atoms with Crippen LogP contribution in [0.15, 0.2) is 0 Å². The highest BCUT2D eigenvalue weighted by molar-refractivity contribution is 8.01. The van der Waals surface area contributed by atoms with Gasteiger partial charge >= 0.3 is 0 Å². The van der Waals surface area contributed by atoms with E-state index in [1.54, 1.807) is 0 Å². The minimum Gasteiger partial charge on any atom is -0.337 e. The van der Waals surface area contributed by atoms with Crippen molar-refractivity contribution in [1.29, 1.82) is 0 Å². The Kier molecular flexibility index (Phi) is 3.51. The molecule has 0 aromatic rings. The zero-order valence-electron chi connectivity index (χ0n) is 9.17. The molecule has 0 N–H and O–H groups in total. The van der Waals surface area contributed by atoms with Gasteiger partial charge in [-0.3, -0.25) is 4.79 Å². The zero-order chi connectivity index (χ0) is 10.9. The summed E-state index contributed by atoms with van der Waals surface area (Å²) in [6.45, 7) is 2.82. The molecule has 1 saturated heterocycles. The van der Waals surface area contributed by atoms with E-state index in [1.807, 2.05) is 16.7 Å². The van der Waals surface area contributed by atoms with Gasteiger partial charge in [0.25, 0.3) is 0 Å². The average Bonchev–Trinajstić information content (AvgIpc) is 2.97. The molecule has 2 rings (SSSR count). The highest BCUT2D eigenvalue weighted by atomic mass is 35.5. The standard InChI is InChI=1S/C11H18ClNOS/c1-11(5-2-8-15-11)10(14)13(7-6-12)9-3-4-9/h9H,2-8H2,1H3. The highest BCUT2D eigenvalue weighted by Gasteiger charge is 2.43. The molecule has 1 aliphatic heterocycles. The van der Waals surface area contributed by atoms with Crippen molar-refractivity contribution < 1.29 is 4.79 Å². The van der Waals surface area contributed by atoms with Crippen molar-refractivity contribution in [2.45, 2.75) is 43.4 Å². The molecular weight excluding hydrogens is 230 g/mol. The van der Waals surface area contributed by atoms with Crippen molar-refractivity contribution in [3.63, 3.8) is 0 Å². The van der Waals surface area contributed by atoms with Gasteiger partial charge in [0.15, 0.2) is 0 Å². The maximum Gasteiger partial charge on any atom is 0.238 e. The highest BCUT2D eigenvalue weighted by Crippen LogP contribution is 2.41. The molecule has 2 nitrogen and oxygen atoms in total. The fourth-order valence-corrected chi connectivity index (χ4v) is 3.63. The number of amides is 1. The zero-order valence-corrected chi connectivity index (χ0v) is 10.7. The minimum atomic E-state index is -0.158. The SMILES string of the molecule is CC1(C(=O)N(CCCl)C2CC2)CCCS1. The number of alkyl halides is 1. The molecule has 15 heavy (non-hydrogen) atoms. The van der Waals surface area contributed by atoms with Gasteiger partial charge in [-0.2, -0.15) is 0 Å². The monoisotopic (exact) mass is 247 g/mol. The Morgan fingerprint density at radius 1 is 1.60 bits per heavy atom. The van der Waals surface area contributed by atoms with E-state index in [0.29, 0.717) is 17.8 Å². The first-order chi connectivity index (χ1) is 7.17. The van der Waals surface area contributed by atoms with E-state index >= 15 is 0 Å². The number of thioether (sulfide) groups is 1. The summed E-state index contributed by atoms with van der Waals surface area (Å²) in [5.41, 5.74) is 0. The quantitative estimate of drug-likeness (QED) is 0.712. The van der Waals surface area contributed by atoms with Gasteiger partial charge in [0.2, 0.25) is 5.91 Å². The molecule has 86 valence electrons. The summed E-state index contributed by atoms with van der Waals surface area (Å²) >= 11 is 7.58. The lowest BCUT2D eigenvalue weighted by Crippen LogP contribution is -2.45. The number of nitrogens with zero attached hydrogens (tertiary/aromatic N) is 1.